The maximum atomic E-state index is 6.00. The van der Waals surface area contributed by atoms with Gasteiger partial charge in [0.2, 0.25) is 0 Å². The van der Waals surface area contributed by atoms with E-state index in [1.807, 2.05) is 59.3 Å². The number of aromatic nitrogens is 2. The molecule has 5 heteroatoms. The molecule has 0 saturated carbocycles. The Kier molecular flexibility index (Phi) is 4.39. The first-order chi connectivity index (χ1) is 12.3. The van der Waals surface area contributed by atoms with E-state index >= 15 is 0 Å². The Labute approximate surface area is 146 Å². The quantitative estimate of drug-likeness (QED) is 0.705. The van der Waals surface area contributed by atoms with Crippen LogP contribution < -0.4 is 9.47 Å². The van der Waals surface area contributed by atoms with Gasteiger partial charge >= 0.3 is 0 Å². The van der Waals surface area contributed by atoms with Gasteiger partial charge in [-0.3, -0.25) is 0 Å². The van der Waals surface area contributed by atoms with Crippen LogP contribution in [-0.4, -0.2) is 29.8 Å². The second kappa shape index (κ2) is 6.99. The van der Waals surface area contributed by atoms with Crippen LogP contribution in [0.5, 0.6) is 11.5 Å². The lowest BCUT2D eigenvalue weighted by Crippen LogP contribution is -2.14. The van der Waals surface area contributed by atoms with Gasteiger partial charge in [-0.25, -0.2) is 4.68 Å². The maximum absolute atomic E-state index is 6.00. The van der Waals surface area contributed by atoms with Crippen molar-refractivity contribution in [2.75, 3.05) is 13.7 Å². The van der Waals surface area contributed by atoms with E-state index in [9.17, 15) is 0 Å². The smallest absolute Gasteiger partial charge is 0.200 e. The monoisotopic (exact) mass is 336 g/mol. The zero-order valence-corrected chi connectivity index (χ0v) is 14.1. The maximum Gasteiger partial charge on any atom is 0.200 e. The lowest BCUT2D eigenvalue weighted by molar-refractivity contribution is -0.0402. The number of hydrogen-bond donors (Lipinski definition) is 0. The van der Waals surface area contributed by atoms with Crippen LogP contribution in [0.4, 0.5) is 0 Å². The summed E-state index contributed by atoms with van der Waals surface area (Å²) in [7, 11) is 1.64. The van der Waals surface area contributed by atoms with Crippen LogP contribution in [0.3, 0.4) is 0 Å². The summed E-state index contributed by atoms with van der Waals surface area (Å²) in [6.45, 7) is 0.744. The minimum atomic E-state index is -0.205. The van der Waals surface area contributed by atoms with Crippen molar-refractivity contribution in [1.29, 1.82) is 0 Å². The molecule has 1 aliphatic rings. The number of ether oxygens (including phenoxy) is 3. The summed E-state index contributed by atoms with van der Waals surface area (Å²) in [6.07, 6.45) is 3.51. The minimum Gasteiger partial charge on any atom is -0.493 e. The molecule has 1 saturated heterocycles. The second-order valence-electron chi connectivity index (χ2n) is 5.89. The highest BCUT2D eigenvalue weighted by atomic mass is 16.7. The molecule has 0 bridgehead atoms. The Morgan fingerprint density at radius 2 is 1.96 bits per heavy atom. The van der Waals surface area contributed by atoms with Crippen molar-refractivity contribution in [3.05, 3.63) is 60.8 Å². The van der Waals surface area contributed by atoms with E-state index < -0.39 is 0 Å². The fraction of sp³-hybridized carbons (Fsp3) is 0.250. The van der Waals surface area contributed by atoms with Crippen molar-refractivity contribution in [3.63, 3.8) is 0 Å². The molecule has 1 atom stereocenters. The van der Waals surface area contributed by atoms with E-state index in [0.717, 1.165) is 36.4 Å². The zero-order chi connectivity index (χ0) is 17.1. The van der Waals surface area contributed by atoms with E-state index in [0.29, 0.717) is 11.5 Å². The van der Waals surface area contributed by atoms with Gasteiger partial charge in [-0.2, -0.15) is 5.10 Å². The lowest BCUT2D eigenvalue weighted by Gasteiger charge is -2.17. The van der Waals surface area contributed by atoms with Gasteiger partial charge in [-0.05, 0) is 42.8 Å². The third-order valence-electron chi connectivity index (χ3n) is 4.25. The molecule has 0 amide bonds. The minimum absolute atomic E-state index is 0.205. The fourth-order valence-corrected chi connectivity index (χ4v) is 3.01. The fourth-order valence-electron chi connectivity index (χ4n) is 3.01. The summed E-state index contributed by atoms with van der Waals surface area (Å²) in [5, 5.41) is 4.46. The molecule has 1 unspecified atom stereocenters. The van der Waals surface area contributed by atoms with Crippen molar-refractivity contribution in [2.45, 2.75) is 19.1 Å². The standard InChI is InChI=1S/C20H20N2O3/c1-23-18-10-9-15(14-19(18)25-20-8-5-13-24-20)17-11-12-21-22(17)16-6-3-2-4-7-16/h2-4,6-7,9-12,14,20H,5,8,13H2,1H3. The SMILES string of the molecule is COc1ccc(-c2ccnn2-c2ccccc2)cc1OC1CCCO1. The van der Waals surface area contributed by atoms with E-state index in [1.54, 1.807) is 13.3 Å². The zero-order valence-electron chi connectivity index (χ0n) is 14.1. The van der Waals surface area contributed by atoms with Gasteiger partial charge in [0.15, 0.2) is 17.8 Å². The summed E-state index contributed by atoms with van der Waals surface area (Å²) < 4.78 is 18.9. The average Bonchev–Trinajstić information content (AvgIpc) is 3.34. The van der Waals surface area contributed by atoms with Crippen molar-refractivity contribution in [1.82, 2.24) is 9.78 Å². The number of hydrogen-bond acceptors (Lipinski definition) is 4. The van der Waals surface area contributed by atoms with Crippen molar-refractivity contribution >= 4 is 0 Å². The molecule has 0 N–H and O–H groups in total. The Morgan fingerprint density at radius 3 is 2.72 bits per heavy atom. The van der Waals surface area contributed by atoms with Gasteiger partial charge in [0, 0.05) is 12.0 Å². The van der Waals surface area contributed by atoms with Gasteiger partial charge in [-0.1, -0.05) is 18.2 Å². The third-order valence-corrected chi connectivity index (χ3v) is 4.25. The van der Waals surface area contributed by atoms with Crippen molar-refractivity contribution < 1.29 is 14.2 Å². The molecule has 0 radical (unpaired) electrons. The molecule has 3 aromatic rings. The molecule has 128 valence electrons. The van der Waals surface area contributed by atoms with E-state index in [-0.39, 0.29) is 6.29 Å². The summed E-state index contributed by atoms with van der Waals surface area (Å²) in [5.74, 6) is 1.39. The summed E-state index contributed by atoms with van der Waals surface area (Å²) in [6, 6.07) is 18.0. The molecule has 0 aliphatic carbocycles. The number of para-hydroxylation sites is 1. The largest absolute Gasteiger partial charge is 0.493 e. The van der Waals surface area contributed by atoms with Crippen molar-refractivity contribution in [2.24, 2.45) is 0 Å². The highest BCUT2D eigenvalue weighted by molar-refractivity contribution is 5.66. The molecule has 4 rings (SSSR count). The average molecular weight is 336 g/mol. The van der Waals surface area contributed by atoms with Gasteiger partial charge in [0.05, 0.1) is 31.3 Å². The molecule has 25 heavy (non-hydrogen) atoms. The van der Waals surface area contributed by atoms with Gasteiger partial charge in [0.1, 0.15) is 0 Å². The predicted octanol–water partition coefficient (Wildman–Crippen LogP) is 4.06. The first-order valence-electron chi connectivity index (χ1n) is 8.41. The first kappa shape index (κ1) is 15.7. The predicted molar refractivity (Wildman–Crippen MR) is 95.2 cm³/mol. The van der Waals surface area contributed by atoms with Crippen LogP contribution in [-0.2, 0) is 4.74 Å². The number of methoxy groups -OCH3 is 1. The first-order valence-corrected chi connectivity index (χ1v) is 8.41. The highest BCUT2D eigenvalue weighted by Crippen LogP contribution is 2.35. The van der Waals surface area contributed by atoms with Gasteiger partial charge < -0.3 is 14.2 Å². The molecule has 0 spiro atoms. The normalized spacial score (nSPS) is 16.8. The number of nitrogens with zero attached hydrogens (tertiary/aromatic N) is 2. The Hall–Kier alpha value is -2.79. The number of rotatable bonds is 5. The second-order valence-corrected chi connectivity index (χ2v) is 5.89. The Bertz CT molecular complexity index is 839. The topological polar surface area (TPSA) is 45.5 Å². The summed E-state index contributed by atoms with van der Waals surface area (Å²) in [4.78, 5) is 0. The van der Waals surface area contributed by atoms with Crippen molar-refractivity contribution in [3.8, 4) is 28.4 Å². The lowest BCUT2D eigenvalue weighted by atomic mass is 10.1. The number of benzene rings is 2. The summed E-state index contributed by atoms with van der Waals surface area (Å²) >= 11 is 0. The van der Waals surface area contributed by atoms with Crippen LogP contribution in [0.1, 0.15) is 12.8 Å². The van der Waals surface area contributed by atoms with E-state index in [2.05, 4.69) is 5.10 Å². The van der Waals surface area contributed by atoms with Crippen LogP contribution >= 0.6 is 0 Å². The highest BCUT2D eigenvalue weighted by Gasteiger charge is 2.20. The van der Waals surface area contributed by atoms with Crippen LogP contribution in [0.2, 0.25) is 0 Å². The van der Waals surface area contributed by atoms with E-state index in [4.69, 9.17) is 14.2 Å². The van der Waals surface area contributed by atoms with E-state index in [1.165, 1.54) is 0 Å². The Balaban J connectivity index is 1.70. The molecule has 2 heterocycles. The molecular weight excluding hydrogens is 316 g/mol. The molecule has 1 fully saturated rings. The molecule has 2 aromatic carbocycles. The molecule has 1 aromatic heterocycles. The van der Waals surface area contributed by atoms with Gasteiger partial charge in [0.25, 0.3) is 0 Å². The molecule has 1 aliphatic heterocycles. The summed E-state index contributed by atoms with van der Waals surface area (Å²) in [5.41, 5.74) is 3.01. The Morgan fingerprint density at radius 1 is 1.08 bits per heavy atom. The van der Waals surface area contributed by atoms with Crippen LogP contribution in [0, 0.1) is 0 Å². The third kappa shape index (κ3) is 3.23. The van der Waals surface area contributed by atoms with Crippen LogP contribution in [0.15, 0.2) is 60.8 Å². The molecule has 5 nitrogen and oxygen atoms in total. The van der Waals surface area contributed by atoms with Crippen LogP contribution in [0.25, 0.3) is 16.9 Å². The van der Waals surface area contributed by atoms with Gasteiger partial charge in [-0.15, -0.1) is 0 Å². The molecular formula is C20H20N2O3.